The van der Waals surface area contributed by atoms with E-state index in [4.69, 9.17) is 14.7 Å². The number of nitrogens with zero attached hydrogens (tertiary/aromatic N) is 1. The molecule has 0 saturated carbocycles. The topological polar surface area (TPSA) is 68.5 Å². The fourth-order valence-electron chi connectivity index (χ4n) is 3.26. The quantitative estimate of drug-likeness (QED) is 0.385. The van der Waals surface area contributed by atoms with Gasteiger partial charge in [0.25, 0.3) is 0 Å². The lowest BCUT2D eigenvalue weighted by Crippen LogP contribution is -2.49. The number of halogens is 1. The Morgan fingerprint density at radius 3 is 2.90 bits per heavy atom. The van der Waals surface area contributed by atoms with Gasteiger partial charge in [0, 0.05) is 23.7 Å². The van der Waals surface area contributed by atoms with Gasteiger partial charge in [-0.1, -0.05) is 22.6 Å². The van der Waals surface area contributed by atoms with Gasteiger partial charge >= 0.3 is 5.97 Å². The third-order valence-electron chi connectivity index (χ3n) is 4.37. The van der Waals surface area contributed by atoms with Crippen LogP contribution >= 0.6 is 22.6 Å². The number of carbonyl (C=O) groups excluding carboxylic acids is 1. The van der Waals surface area contributed by atoms with E-state index in [-0.39, 0.29) is 29.9 Å². The van der Waals surface area contributed by atoms with E-state index in [0.717, 1.165) is 30.1 Å². The molecule has 0 N–H and O–H groups in total. The molecule has 0 aliphatic carbocycles. The highest BCUT2D eigenvalue weighted by molar-refractivity contribution is 14.1. The van der Waals surface area contributed by atoms with Crippen LogP contribution in [-0.4, -0.2) is 41.4 Å². The summed E-state index contributed by atoms with van der Waals surface area (Å²) in [6, 6.07) is 2.19. The highest BCUT2D eigenvalue weighted by Crippen LogP contribution is 2.44. The van der Waals surface area contributed by atoms with Crippen LogP contribution in [0.4, 0.5) is 0 Å². The molecule has 6 heteroatoms. The van der Waals surface area contributed by atoms with Crippen LogP contribution in [0.2, 0.25) is 0 Å². The molecule has 2 fully saturated rings. The lowest BCUT2D eigenvalue weighted by molar-refractivity contribution is -0.153. The van der Waals surface area contributed by atoms with E-state index in [1.54, 1.807) is 0 Å². The molecule has 4 atom stereocenters. The van der Waals surface area contributed by atoms with Crippen molar-refractivity contribution >= 4 is 28.6 Å². The van der Waals surface area contributed by atoms with E-state index in [2.05, 4.69) is 33.4 Å². The van der Waals surface area contributed by atoms with Gasteiger partial charge in [-0.15, -0.1) is 0 Å². The van der Waals surface area contributed by atoms with Crippen LogP contribution in [0.25, 0.3) is 0 Å². The van der Waals surface area contributed by atoms with Crippen LogP contribution in [0.15, 0.2) is 0 Å². The minimum atomic E-state index is -0.236. The SMILES string of the molecule is COC(=O)CC[C@H]1CC2(CI)OC(CCC#N)CC[C@@H]2O1. The second-order valence-corrected chi connectivity index (χ2v) is 6.54. The first kappa shape index (κ1) is 17.0. The van der Waals surface area contributed by atoms with Gasteiger partial charge in [-0.3, -0.25) is 4.79 Å². The summed E-state index contributed by atoms with van der Waals surface area (Å²) in [7, 11) is 1.41. The molecule has 2 aliphatic heterocycles. The van der Waals surface area contributed by atoms with Gasteiger partial charge in [0.05, 0.1) is 31.5 Å². The van der Waals surface area contributed by atoms with Crippen molar-refractivity contribution in [1.82, 2.24) is 0 Å². The van der Waals surface area contributed by atoms with E-state index >= 15 is 0 Å². The van der Waals surface area contributed by atoms with Crippen molar-refractivity contribution in [2.45, 2.75) is 68.9 Å². The zero-order valence-corrected chi connectivity index (χ0v) is 14.5. The fraction of sp³-hybridized carbons (Fsp3) is 0.867. The molecule has 0 aromatic heterocycles. The number of esters is 1. The number of rotatable bonds is 6. The molecule has 2 saturated heterocycles. The maximum atomic E-state index is 11.3. The molecule has 2 rings (SSSR count). The van der Waals surface area contributed by atoms with Crippen LogP contribution in [-0.2, 0) is 19.0 Å². The molecule has 5 nitrogen and oxygen atoms in total. The Bertz CT molecular complexity index is 411. The summed E-state index contributed by atoms with van der Waals surface area (Å²) >= 11 is 2.36. The zero-order valence-electron chi connectivity index (χ0n) is 12.3. The van der Waals surface area contributed by atoms with Crippen molar-refractivity contribution in [3.05, 3.63) is 0 Å². The van der Waals surface area contributed by atoms with Crippen molar-refractivity contribution in [3.8, 4) is 6.07 Å². The van der Waals surface area contributed by atoms with E-state index in [1.807, 2.05) is 0 Å². The fourth-order valence-corrected chi connectivity index (χ4v) is 4.24. The summed E-state index contributed by atoms with van der Waals surface area (Å²) in [4.78, 5) is 11.3. The standard InChI is InChI=1S/C15H22INO4/c1-19-14(18)7-5-12-9-15(10-16)13(20-12)6-4-11(21-15)3-2-8-17/h11-13H,2-7,9-10H2,1H3/t11?,12-,13-,15?/m0/s1. The number of carbonyl (C=O) groups is 1. The molecule has 0 bridgehead atoms. The van der Waals surface area contributed by atoms with Crippen LogP contribution in [0, 0.1) is 11.3 Å². The third-order valence-corrected chi connectivity index (χ3v) is 5.66. The summed E-state index contributed by atoms with van der Waals surface area (Å²) in [5.74, 6) is -0.190. The Labute approximate surface area is 139 Å². The normalized spacial score (nSPS) is 35.0. The maximum absolute atomic E-state index is 11.3. The Kier molecular flexibility index (Phi) is 6.26. The number of ether oxygens (including phenoxy) is 3. The van der Waals surface area contributed by atoms with Crippen LogP contribution in [0.1, 0.15) is 44.9 Å². The minimum absolute atomic E-state index is 0.0681. The number of methoxy groups -OCH3 is 1. The Hall–Kier alpha value is -0.390. The van der Waals surface area contributed by atoms with Crippen molar-refractivity contribution in [3.63, 3.8) is 0 Å². The van der Waals surface area contributed by atoms with E-state index in [9.17, 15) is 4.79 Å². The Morgan fingerprint density at radius 1 is 1.43 bits per heavy atom. The van der Waals surface area contributed by atoms with Gasteiger partial charge in [0.1, 0.15) is 5.60 Å². The third kappa shape index (κ3) is 4.08. The summed E-state index contributed by atoms with van der Waals surface area (Å²) in [6.07, 6.45) is 5.54. The first-order valence-electron chi connectivity index (χ1n) is 7.46. The molecule has 0 amide bonds. The van der Waals surface area contributed by atoms with E-state index in [0.29, 0.717) is 19.3 Å². The summed E-state index contributed by atoms with van der Waals surface area (Å²) in [6.45, 7) is 0. The van der Waals surface area contributed by atoms with Gasteiger partial charge in [-0.05, 0) is 25.7 Å². The lowest BCUT2D eigenvalue weighted by atomic mass is 9.87. The van der Waals surface area contributed by atoms with Crippen molar-refractivity contribution in [1.29, 1.82) is 5.26 Å². The predicted octanol–water partition coefficient (Wildman–Crippen LogP) is 2.75. The van der Waals surface area contributed by atoms with Crippen molar-refractivity contribution < 1.29 is 19.0 Å². The smallest absolute Gasteiger partial charge is 0.305 e. The monoisotopic (exact) mass is 407 g/mol. The molecule has 21 heavy (non-hydrogen) atoms. The molecule has 0 aromatic rings. The Balaban J connectivity index is 1.92. The number of hydrogen-bond acceptors (Lipinski definition) is 5. The average Bonchev–Trinajstić information content (AvgIpc) is 2.88. The predicted molar refractivity (Wildman–Crippen MR) is 85.1 cm³/mol. The zero-order chi connectivity index (χ0) is 15.3. The maximum Gasteiger partial charge on any atom is 0.305 e. The van der Waals surface area contributed by atoms with Crippen molar-refractivity contribution in [2.24, 2.45) is 0 Å². The van der Waals surface area contributed by atoms with Gasteiger partial charge in [-0.25, -0.2) is 0 Å². The number of fused-ring (bicyclic) bond motifs is 1. The second-order valence-electron chi connectivity index (χ2n) is 5.78. The lowest BCUT2D eigenvalue weighted by Gasteiger charge is -2.41. The largest absolute Gasteiger partial charge is 0.469 e. The number of hydrogen-bond donors (Lipinski definition) is 0. The summed E-state index contributed by atoms with van der Waals surface area (Å²) < 4.78 is 18.0. The van der Waals surface area contributed by atoms with Crippen LogP contribution in [0.5, 0.6) is 0 Å². The molecule has 2 aliphatic rings. The molecular formula is C15H22INO4. The number of nitriles is 1. The average molecular weight is 407 g/mol. The molecule has 0 spiro atoms. The van der Waals surface area contributed by atoms with Gasteiger partial charge < -0.3 is 14.2 Å². The van der Waals surface area contributed by atoms with E-state index in [1.165, 1.54) is 7.11 Å². The summed E-state index contributed by atoms with van der Waals surface area (Å²) in [5.41, 5.74) is -0.236. The highest BCUT2D eigenvalue weighted by Gasteiger charge is 2.52. The molecule has 2 unspecified atom stereocenters. The second kappa shape index (κ2) is 7.75. The van der Waals surface area contributed by atoms with Gasteiger partial charge in [0.15, 0.2) is 0 Å². The first-order valence-corrected chi connectivity index (χ1v) is 8.99. The number of alkyl halides is 1. The van der Waals surface area contributed by atoms with Crippen LogP contribution < -0.4 is 0 Å². The Morgan fingerprint density at radius 2 is 2.24 bits per heavy atom. The van der Waals surface area contributed by atoms with E-state index < -0.39 is 0 Å². The minimum Gasteiger partial charge on any atom is -0.469 e. The van der Waals surface area contributed by atoms with Crippen molar-refractivity contribution in [2.75, 3.05) is 11.5 Å². The molecule has 0 aromatic carbocycles. The first-order chi connectivity index (χ1) is 10.1. The van der Waals surface area contributed by atoms with Gasteiger partial charge in [-0.2, -0.15) is 5.26 Å². The van der Waals surface area contributed by atoms with Gasteiger partial charge in [0.2, 0.25) is 0 Å². The molecule has 118 valence electrons. The van der Waals surface area contributed by atoms with Crippen LogP contribution in [0.3, 0.4) is 0 Å². The molecule has 2 heterocycles. The summed E-state index contributed by atoms with van der Waals surface area (Å²) in [5, 5.41) is 8.72. The molecule has 0 radical (unpaired) electrons. The highest BCUT2D eigenvalue weighted by atomic mass is 127. The molecular weight excluding hydrogens is 385 g/mol.